The van der Waals surface area contributed by atoms with Gasteiger partial charge in [-0.15, -0.1) is 11.6 Å². The van der Waals surface area contributed by atoms with Crippen molar-refractivity contribution in [2.75, 3.05) is 33.1 Å². The van der Waals surface area contributed by atoms with E-state index >= 15 is 0 Å². The van der Waals surface area contributed by atoms with Crippen LogP contribution in [0, 0.1) is 0 Å². The van der Waals surface area contributed by atoms with Crippen LogP contribution in [0.4, 0.5) is 0 Å². The Balaban J connectivity index is 0. The molecule has 136 valence electrons. The average molecular weight is 354 g/mol. The highest BCUT2D eigenvalue weighted by Crippen LogP contribution is 2.12. The van der Waals surface area contributed by atoms with E-state index in [0.29, 0.717) is 0 Å². The Labute approximate surface area is 152 Å². The largest absolute Gasteiger partial charge is 1.00 e. The first kappa shape index (κ1) is 24.8. The van der Waals surface area contributed by atoms with Gasteiger partial charge in [-0.05, 0) is 25.7 Å². The summed E-state index contributed by atoms with van der Waals surface area (Å²) in [4.78, 5) is 0. The van der Waals surface area contributed by atoms with Crippen molar-refractivity contribution in [3.05, 3.63) is 0 Å². The number of quaternary nitrogens is 1. The van der Waals surface area contributed by atoms with E-state index < -0.39 is 0 Å². The second-order valence-electron chi connectivity index (χ2n) is 7.31. The molecule has 0 bridgehead atoms. The summed E-state index contributed by atoms with van der Waals surface area (Å²) in [7, 11) is 4.73. The minimum atomic E-state index is 0. The van der Waals surface area contributed by atoms with Crippen molar-refractivity contribution >= 4 is 11.6 Å². The van der Waals surface area contributed by atoms with Crippen molar-refractivity contribution in [1.82, 2.24) is 0 Å². The molecule has 3 heteroatoms. The second-order valence-corrected chi connectivity index (χ2v) is 7.69. The molecule has 0 fully saturated rings. The minimum absolute atomic E-state index is 0. The molecule has 0 atom stereocenters. The average Bonchev–Trinajstić information content (AvgIpc) is 2.45. The van der Waals surface area contributed by atoms with Crippen molar-refractivity contribution in [3.63, 3.8) is 0 Å². The number of unbranched alkanes of at least 4 members (excludes halogenated alkanes) is 11. The Kier molecular flexibility index (Phi) is 20.2. The van der Waals surface area contributed by atoms with Crippen LogP contribution in [0.3, 0.4) is 0 Å². The molecule has 0 saturated heterocycles. The zero-order valence-corrected chi connectivity index (χ0v) is 17.0. The summed E-state index contributed by atoms with van der Waals surface area (Å²) in [6.45, 7) is 4.90. The highest BCUT2D eigenvalue weighted by atomic mass is 35.5. The predicted molar refractivity (Wildman–Crippen MR) is 98.3 cm³/mol. The highest BCUT2D eigenvalue weighted by molar-refractivity contribution is 6.17. The van der Waals surface area contributed by atoms with Gasteiger partial charge in [0, 0.05) is 5.88 Å². The maximum Gasteiger partial charge on any atom is 0.0782 e. The van der Waals surface area contributed by atoms with E-state index in [2.05, 4.69) is 21.0 Å². The Hall–Kier alpha value is 0.540. The van der Waals surface area contributed by atoms with E-state index in [4.69, 9.17) is 11.6 Å². The molecule has 0 radical (unpaired) electrons. The predicted octanol–water partition coefficient (Wildman–Crippen LogP) is 3.40. The van der Waals surface area contributed by atoms with Crippen molar-refractivity contribution in [2.45, 2.75) is 90.4 Å². The van der Waals surface area contributed by atoms with E-state index in [1.807, 2.05) is 0 Å². The molecule has 1 nitrogen and oxygen atoms in total. The fourth-order valence-corrected chi connectivity index (χ4v) is 3.14. The molecule has 0 amide bonds. The summed E-state index contributed by atoms with van der Waals surface area (Å²) in [5.41, 5.74) is 0. The van der Waals surface area contributed by atoms with Crippen LogP contribution >= 0.6 is 11.6 Å². The zero-order chi connectivity index (χ0) is 15.8. The summed E-state index contributed by atoms with van der Waals surface area (Å²) < 4.78 is 1.17. The van der Waals surface area contributed by atoms with Gasteiger partial charge in [0.1, 0.15) is 0 Å². The molecule has 22 heavy (non-hydrogen) atoms. The van der Waals surface area contributed by atoms with Gasteiger partial charge in [-0.2, -0.15) is 0 Å². The van der Waals surface area contributed by atoms with Crippen molar-refractivity contribution in [3.8, 4) is 0 Å². The van der Waals surface area contributed by atoms with Crippen LogP contribution < -0.4 is 12.4 Å². The standard InChI is InChI=1S/C19H41ClN.ClH/c1-4-5-6-7-8-9-10-11-12-13-15-18-21(2,3)19-16-14-17-20;/h4-19H2,1-3H3;1H/q+1;/p-1. The van der Waals surface area contributed by atoms with Crippen LogP contribution in [0.1, 0.15) is 90.4 Å². The van der Waals surface area contributed by atoms with Crippen molar-refractivity contribution < 1.29 is 16.9 Å². The van der Waals surface area contributed by atoms with Gasteiger partial charge >= 0.3 is 0 Å². The molecule has 0 aromatic rings. The monoisotopic (exact) mass is 353 g/mol. The maximum absolute atomic E-state index is 5.75. The van der Waals surface area contributed by atoms with E-state index in [1.54, 1.807) is 0 Å². The number of rotatable bonds is 16. The molecule has 0 saturated carbocycles. The Bertz CT molecular complexity index is 208. The molecule has 0 aliphatic carbocycles. The molecule has 0 aliphatic heterocycles. The van der Waals surface area contributed by atoms with Crippen LogP contribution in [-0.2, 0) is 0 Å². The Morgan fingerprint density at radius 1 is 0.591 bits per heavy atom. The summed E-state index contributed by atoms with van der Waals surface area (Å²) in [6.07, 6.45) is 18.2. The molecular formula is C19H41Cl2N. The van der Waals surface area contributed by atoms with E-state index in [1.165, 1.54) is 101 Å². The number of nitrogens with zero attached hydrogens (tertiary/aromatic N) is 1. The Morgan fingerprint density at radius 3 is 1.36 bits per heavy atom. The molecule has 0 aromatic heterocycles. The van der Waals surface area contributed by atoms with Crippen molar-refractivity contribution in [1.29, 1.82) is 0 Å². The fourth-order valence-electron chi connectivity index (χ4n) is 2.95. The summed E-state index contributed by atoms with van der Waals surface area (Å²) >= 11 is 5.75. The molecule has 0 aromatic carbocycles. The van der Waals surface area contributed by atoms with Gasteiger partial charge in [0.2, 0.25) is 0 Å². The minimum Gasteiger partial charge on any atom is -1.00 e. The number of alkyl halides is 1. The number of hydrogen-bond acceptors (Lipinski definition) is 0. The van der Waals surface area contributed by atoms with Crippen LogP contribution in [0.2, 0.25) is 0 Å². The second kappa shape index (κ2) is 17.9. The highest BCUT2D eigenvalue weighted by Gasteiger charge is 2.13. The molecule has 0 aliphatic rings. The van der Waals surface area contributed by atoms with Gasteiger partial charge in [-0.1, -0.05) is 64.7 Å². The first-order valence-electron chi connectivity index (χ1n) is 9.50. The van der Waals surface area contributed by atoms with Crippen molar-refractivity contribution in [2.24, 2.45) is 0 Å². The van der Waals surface area contributed by atoms with Gasteiger partial charge in [0.15, 0.2) is 0 Å². The molecule has 0 rings (SSSR count). The third-order valence-corrected chi connectivity index (χ3v) is 4.78. The van der Waals surface area contributed by atoms with E-state index in [9.17, 15) is 0 Å². The van der Waals surface area contributed by atoms with E-state index in [0.717, 1.165) is 5.88 Å². The lowest BCUT2D eigenvalue weighted by atomic mass is 10.1. The lowest BCUT2D eigenvalue weighted by Crippen LogP contribution is -3.00. The van der Waals surface area contributed by atoms with Crippen LogP contribution in [0.25, 0.3) is 0 Å². The van der Waals surface area contributed by atoms with Crippen LogP contribution in [0.15, 0.2) is 0 Å². The maximum atomic E-state index is 5.75. The van der Waals surface area contributed by atoms with Crippen LogP contribution in [0.5, 0.6) is 0 Å². The first-order valence-corrected chi connectivity index (χ1v) is 10.0. The molecule has 0 unspecified atom stereocenters. The van der Waals surface area contributed by atoms with Crippen LogP contribution in [-0.4, -0.2) is 37.5 Å². The first-order chi connectivity index (χ1) is 10.1. The molecule has 0 spiro atoms. The normalized spacial score (nSPS) is 11.5. The SMILES string of the molecule is CCCCCCCCCCCCC[N+](C)(C)CCCCCl.[Cl-]. The van der Waals surface area contributed by atoms with Gasteiger partial charge < -0.3 is 16.9 Å². The third-order valence-electron chi connectivity index (χ3n) is 4.51. The zero-order valence-electron chi connectivity index (χ0n) is 15.5. The lowest BCUT2D eigenvalue weighted by molar-refractivity contribution is -0.890. The third kappa shape index (κ3) is 18.6. The van der Waals surface area contributed by atoms with Gasteiger partial charge in [0.25, 0.3) is 0 Å². The molecular weight excluding hydrogens is 313 g/mol. The Morgan fingerprint density at radius 2 is 0.955 bits per heavy atom. The van der Waals surface area contributed by atoms with Gasteiger partial charge in [-0.3, -0.25) is 0 Å². The van der Waals surface area contributed by atoms with Gasteiger partial charge in [0.05, 0.1) is 27.2 Å². The van der Waals surface area contributed by atoms with Gasteiger partial charge in [-0.25, -0.2) is 0 Å². The quantitative estimate of drug-likeness (QED) is 0.226. The smallest absolute Gasteiger partial charge is 0.0782 e. The number of hydrogen-bond donors (Lipinski definition) is 0. The summed E-state index contributed by atoms with van der Waals surface area (Å²) in [5.74, 6) is 0.818. The lowest BCUT2D eigenvalue weighted by Gasteiger charge is -2.29. The summed E-state index contributed by atoms with van der Waals surface area (Å²) in [5, 5.41) is 0. The summed E-state index contributed by atoms with van der Waals surface area (Å²) in [6, 6.07) is 0. The fraction of sp³-hybridized carbons (Fsp3) is 1.00. The van der Waals surface area contributed by atoms with E-state index in [-0.39, 0.29) is 12.4 Å². The molecule has 0 heterocycles. The molecule has 0 N–H and O–H groups in total. The number of halogens is 2. The topological polar surface area (TPSA) is 0 Å².